The summed E-state index contributed by atoms with van der Waals surface area (Å²) in [6, 6.07) is 14.8. The second kappa shape index (κ2) is 11.7. The number of halogens is 1. The highest BCUT2D eigenvalue weighted by Gasteiger charge is 2.30. The largest absolute Gasteiger partial charge is 0.488 e. The molecule has 0 unspecified atom stereocenters. The van der Waals surface area contributed by atoms with Gasteiger partial charge in [-0.1, -0.05) is 55.8 Å². The van der Waals surface area contributed by atoms with E-state index in [1.54, 1.807) is 12.1 Å². The zero-order valence-electron chi connectivity index (χ0n) is 20.6. The third-order valence-corrected chi connectivity index (χ3v) is 6.47. The van der Waals surface area contributed by atoms with E-state index in [0.29, 0.717) is 48.8 Å². The van der Waals surface area contributed by atoms with Gasteiger partial charge in [-0.2, -0.15) is 0 Å². The molecular formula is C27H36ClN3O3. The van der Waals surface area contributed by atoms with E-state index in [1.165, 1.54) is 0 Å². The standard InChI is InChI=1S/C27H36ClN3O3/c1-27(2,19-30(3)4)18-29-25(32)20-13-15-31(16-14-20)26(33)22-10-6-8-12-24(22)34-17-21-9-5-7-11-23(21)28/h5-12,20H,13-19H2,1-4H3,(H,29,32). The lowest BCUT2D eigenvalue weighted by molar-refractivity contribution is -0.126. The number of nitrogens with zero attached hydrogens (tertiary/aromatic N) is 2. The molecule has 1 saturated heterocycles. The van der Waals surface area contributed by atoms with Crippen LogP contribution in [0.25, 0.3) is 0 Å². The lowest BCUT2D eigenvalue weighted by atomic mass is 9.91. The van der Waals surface area contributed by atoms with E-state index in [1.807, 2.05) is 55.4 Å². The van der Waals surface area contributed by atoms with Gasteiger partial charge in [-0.05, 0) is 50.6 Å². The number of carbonyl (C=O) groups is 2. The Morgan fingerprint density at radius 2 is 1.74 bits per heavy atom. The number of amides is 2. The summed E-state index contributed by atoms with van der Waals surface area (Å²) in [5.74, 6) is 0.490. The van der Waals surface area contributed by atoms with Gasteiger partial charge in [-0.25, -0.2) is 0 Å². The molecule has 0 aliphatic carbocycles. The van der Waals surface area contributed by atoms with E-state index in [0.717, 1.165) is 12.1 Å². The van der Waals surface area contributed by atoms with Crippen molar-refractivity contribution in [2.75, 3.05) is 40.3 Å². The fraction of sp³-hybridized carbons (Fsp3) is 0.481. The van der Waals surface area contributed by atoms with E-state index in [-0.39, 0.29) is 29.8 Å². The highest BCUT2D eigenvalue weighted by atomic mass is 35.5. The number of rotatable bonds is 9. The van der Waals surface area contributed by atoms with Crippen LogP contribution >= 0.6 is 11.6 Å². The SMILES string of the molecule is CN(C)CC(C)(C)CNC(=O)C1CCN(C(=O)c2ccccc2OCc2ccccc2Cl)CC1. The van der Waals surface area contributed by atoms with Gasteiger partial charge in [0.2, 0.25) is 5.91 Å². The minimum Gasteiger partial charge on any atom is -0.488 e. The van der Waals surface area contributed by atoms with E-state index in [9.17, 15) is 9.59 Å². The molecule has 1 fully saturated rings. The van der Waals surface area contributed by atoms with Crippen molar-refractivity contribution in [2.45, 2.75) is 33.3 Å². The number of para-hydroxylation sites is 1. The second-order valence-electron chi connectivity index (χ2n) is 10.1. The van der Waals surface area contributed by atoms with E-state index in [4.69, 9.17) is 16.3 Å². The van der Waals surface area contributed by atoms with Crippen molar-refractivity contribution in [3.63, 3.8) is 0 Å². The van der Waals surface area contributed by atoms with Crippen LogP contribution in [0.2, 0.25) is 5.02 Å². The Morgan fingerprint density at radius 1 is 1.09 bits per heavy atom. The summed E-state index contributed by atoms with van der Waals surface area (Å²) in [7, 11) is 4.08. The normalized spacial score (nSPS) is 14.8. The Kier molecular flexibility index (Phi) is 8.97. The lowest BCUT2D eigenvalue weighted by Gasteiger charge is -2.33. The van der Waals surface area contributed by atoms with Gasteiger partial charge >= 0.3 is 0 Å². The third kappa shape index (κ3) is 7.21. The van der Waals surface area contributed by atoms with E-state index >= 15 is 0 Å². The summed E-state index contributed by atoms with van der Waals surface area (Å²) < 4.78 is 5.97. The van der Waals surface area contributed by atoms with Gasteiger partial charge in [-0.15, -0.1) is 0 Å². The highest BCUT2D eigenvalue weighted by Crippen LogP contribution is 2.26. The van der Waals surface area contributed by atoms with Crippen LogP contribution in [0.3, 0.4) is 0 Å². The molecule has 3 rings (SSSR count). The molecule has 2 amide bonds. The molecule has 1 heterocycles. The first kappa shape index (κ1) is 26.0. The first-order chi connectivity index (χ1) is 16.2. The maximum Gasteiger partial charge on any atom is 0.257 e. The van der Waals surface area contributed by atoms with Crippen LogP contribution in [-0.4, -0.2) is 61.9 Å². The molecule has 1 aliphatic rings. The van der Waals surface area contributed by atoms with Crippen molar-refractivity contribution in [1.82, 2.24) is 15.1 Å². The molecule has 0 saturated carbocycles. The molecule has 6 nitrogen and oxygen atoms in total. The summed E-state index contributed by atoms with van der Waals surface area (Å²) in [6.07, 6.45) is 1.32. The van der Waals surface area contributed by atoms with Gasteiger partial charge in [0.1, 0.15) is 12.4 Å². The number of benzene rings is 2. The van der Waals surface area contributed by atoms with Crippen molar-refractivity contribution in [3.05, 3.63) is 64.7 Å². The van der Waals surface area contributed by atoms with Crippen LogP contribution < -0.4 is 10.1 Å². The quantitative estimate of drug-likeness (QED) is 0.569. The Bertz CT molecular complexity index is 985. The van der Waals surface area contributed by atoms with Crippen LogP contribution in [0, 0.1) is 11.3 Å². The number of hydrogen-bond acceptors (Lipinski definition) is 4. The van der Waals surface area contributed by atoms with Gasteiger partial charge in [0, 0.05) is 42.7 Å². The zero-order chi connectivity index (χ0) is 24.7. The molecule has 7 heteroatoms. The number of likely N-dealkylation sites (tertiary alicyclic amines) is 1. The zero-order valence-corrected chi connectivity index (χ0v) is 21.4. The summed E-state index contributed by atoms with van der Waals surface area (Å²) in [5, 5.41) is 3.76. The van der Waals surface area contributed by atoms with Crippen molar-refractivity contribution >= 4 is 23.4 Å². The predicted molar refractivity (Wildman–Crippen MR) is 136 cm³/mol. The highest BCUT2D eigenvalue weighted by molar-refractivity contribution is 6.31. The number of hydrogen-bond donors (Lipinski definition) is 1. The van der Waals surface area contributed by atoms with Crippen LogP contribution in [0.4, 0.5) is 0 Å². The summed E-state index contributed by atoms with van der Waals surface area (Å²) in [6.45, 7) is 7.24. The molecule has 184 valence electrons. The molecule has 0 aromatic heterocycles. The number of piperidine rings is 1. The molecule has 2 aromatic rings. The van der Waals surface area contributed by atoms with Crippen LogP contribution in [0.15, 0.2) is 48.5 Å². The Morgan fingerprint density at radius 3 is 2.41 bits per heavy atom. The Hall–Kier alpha value is -2.57. The van der Waals surface area contributed by atoms with Crippen LogP contribution in [0.5, 0.6) is 5.75 Å². The summed E-state index contributed by atoms with van der Waals surface area (Å²) >= 11 is 6.23. The van der Waals surface area contributed by atoms with Crippen LogP contribution in [-0.2, 0) is 11.4 Å². The average molecular weight is 486 g/mol. The molecule has 0 radical (unpaired) electrons. The van der Waals surface area contributed by atoms with Crippen molar-refractivity contribution < 1.29 is 14.3 Å². The van der Waals surface area contributed by atoms with E-state index < -0.39 is 0 Å². The Balaban J connectivity index is 1.54. The average Bonchev–Trinajstić information content (AvgIpc) is 2.81. The molecule has 0 bridgehead atoms. The third-order valence-electron chi connectivity index (χ3n) is 6.10. The number of ether oxygens (including phenoxy) is 1. The van der Waals surface area contributed by atoms with Gasteiger partial charge in [-0.3, -0.25) is 9.59 Å². The maximum absolute atomic E-state index is 13.2. The fourth-order valence-corrected chi connectivity index (χ4v) is 4.63. The van der Waals surface area contributed by atoms with E-state index in [2.05, 4.69) is 24.1 Å². The van der Waals surface area contributed by atoms with Gasteiger partial charge in [0.25, 0.3) is 5.91 Å². The first-order valence-corrected chi connectivity index (χ1v) is 12.2. The fourth-order valence-electron chi connectivity index (χ4n) is 4.44. The van der Waals surface area contributed by atoms with Crippen molar-refractivity contribution in [2.24, 2.45) is 11.3 Å². The minimum atomic E-state index is -0.0688. The molecule has 2 aromatic carbocycles. The molecule has 0 atom stereocenters. The predicted octanol–water partition coefficient (Wildman–Crippen LogP) is 4.48. The number of nitrogens with one attached hydrogen (secondary N) is 1. The summed E-state index contributed by atoms with van der Waals surface area (Å²) in [4.78, 5) is 29.9. The van der Waals surface area contributed by atoms with Gasteiger partial charge in [0.15, 0.2) is 0 Å². The molecule has 0 spiro atoms. The van der Waals surface area contributed by atoms with Crippen molar-refractivity contribution in [1.29, 1.82) is 0 Å². The molecule has 1 N–H and O–H groups in total. The second-order valence-corrected chi connectivity index (χ2v) is 10.5. The minimum absolute atomic E-state index is 0.00349. The number of carbonyl (C=O) groups excluding carboxylic acids is 2. The molecule has 34 heavy (non-hydrogen) atoms. The maximum atomic E-state index is 13.2. The smallest absolute Gasteiger partial charge is 0.257 e. The van der Waals surface area contributed by atoms with Gasteiger partial charge in [0.05, 0.1) is 5.56 Å². The monoisotopic (exact) mass is 485 g/mol. The summed E-state index contributed by atoms with van der Waals surface area (Å²) in [5.41, 5.74) is 1.40. The molecule has 1 aliphatic heterocycles. The lowest BCUT2D eigenvalue weighted by Crippen LogP contribution is -2.46. The van der Waals surface area contributed by atoms with Crippen molar-refractivity contribution in [3.8, 4) is 5.75 Å². The molecular weight excluding hydrogens is 450 g/mol. The first-order valence-electron chi connectivity index (χ1n) is 11.8. The topological polar surface area (TPSA) is 61.9 Å². The Labute approximate surface area is 208 Å². The van der Waals surface area contributed by atoms with Crippen LogP contribution in [0.1, 0.15) is 42.6 Å². The van der Waals surface area contributed by atoms with Gasteiger partial charge < -0.3 is 19.9 Å².